The molecule has 0 fully saturated rings. The molecular weight excluding hydrogens is 294 g/mol. The molecule has 0 aliphatic heterocycles. The Balaban J connectivity index is 2.19. The number of aromatic nitrogens is 1. The highest BCUT2D eigenvalue weighted by atomic mass is 35.5. The predicted octanol–water partition coefficient (Wildman–Crippen LogP) is 2.93. The highest BCUT2D eigenvalue weighted by molar-refractivity contribution is 7.80. The second-order valence-corrected chi connectivity index (χ2v) is 5.08. The van der Waals surface area contributed by atoms with Gasteiger partial charge in [-0.15, -0.1) is 0 Å². The standard InChI is InChI=1S/C14H12ClN3OS/c1-8-2-4-10(15)12(6-8)18-14(19)11-5-3-9(7-17-11)13(16)20/h2-7H,1H3,(H2,16,20)(H,18,19). The first-order chi connectivity index (χ1) is 9.47. The molecule has 0 saturated carbocycles. The van der Waals surface area contributed by atoms with Gasteiger partial charge in [0.1, 0.15) is 10.7 Å². The number of pyridine rings is 1. The van der Waals surface area contributed by atoms with Crippen molar-refractivity contribution < 1.29 is 4.79 Å². The number of nitrogens with one attached hydrogen (secondary N) is 1. The van der Waals surface area contributed by atoms with E-state index in [1.165, 1.54) is 6.20 Å². The number of nitrogens with two attached hydrogens (primary N) is 1. The fourth-order valence-electron chi connectivity index (χ4n) is 1.60. The molecular formula is C14H12ClN3OS. The number of anilines is 1. The molecule has 0 bridgehead atoms. The SMILES string of the molecule is Cc1ccc(Cl)c(NC(=O)c2ccc(C(N)=S)cn2)c1. The Bertz CT molecular complexity index is 671. The van der Waals surface area contributed by atoms with Crippen LogP contribution in [0.4, 0.5) is 5.69 Å². The number of carbonyl (C=O) groups is 1. The number of amides is 1. The van der Waals surface area contributed by atoms with Crippen LogP contribution >= 0.6 is 23.8 Å². The van der Waals surface area contributed by atoms with Crippen molar-refractivity contribution in [3.63, 3.8) is 0 Å². The van der Waals surface area contributed by atoms with E-state index in [1.807, 2.05) is 13.0 Å². The zero-order chi connectivity index (χ0) is 14.7. The van der Waals surface area contributed by atoms with Crippen molar-refractivity contribution in [2.75, 3.05) is 5.32 Å². The van der Waals surface area contributed by atoms with Crippen molar-refractivity contribution in [1.29, 1.82) is 0 Å². The van der Waals surface area contributed by atoms with Gasteiger partial charge < -0.3 is 11.1 Å². The van der Waals surface area contributed by atoms with Crippen LogP contribution in [-0.4, -0.2) is 15.9 Å². The van der Waals surface area contributed by atoms with E-state index >= 15 is 0 Å². The normalized spacial score (nSPS) is 10.1. The van der Waals surface area contributed by atoms with Crippen LogP contribution in [0, 0.1) is 6.92 Å². The van der Waals surface area contributed by atoms with E-state index in [-0.39, 0.29) is 16.6 Å². The first kappa shape index (κ1) is 14.4. The van der Waals surface area contributed by atoms with Gasteiger partial charge in [-0.25, -0.2) is 0 Å². The van der Waals surface area contributed by atoms with E-state index in [0.717, 1.165) is 5.56 Å². The van der Waals surface area contributed by atoms with Crippen LogP contribution in [0.1, 0.15) is 21.6 Å². The average Bonchev–Trinajstić information content (AvgIpc) is 2.43. The Kier molecular flexibility index (Phi) is 4.32. The monoisotopic (exact) mass is 305 g/mol. The van der Waals surface area contributed by atoms with Gasteiger partial charge in [-0.3, -0.25) is 9.78 Å². The summed E-state index contributed by atoms with van der Waals surface area (Å²) in [6.45, 7) is 1.92. The summed E-state index contributed by atoms with van der Waals surface area (Å²) in [4.78, 5) is 16.3. The molecule has 3 N–H and O–H groups in total. The van der Waals surface area contributed by atoms with E-state index < -0.39 is 0 Å². The molecule has 1 aromatic carbocycles. The summed E-state index contributed by atoms with van der Waals surface area (Å²) in [6, 6.07) is 8.61. The number of rotatable bonds is 3. The highest BCUT2D eigenvalue weighted by Crippen LogP contribution is 2.23. The topological polar surface area (TPSA) is 68.0 Å². The van der Waals surface area contributed by atoms with Gasteiger partial charge in [0, 0.05) is 11.8 Å². The Morgan fingerprint density at radius 1 is 1.35 bits per heavy atom. The second kappa shape index (κ2) is 5.98. The highest BCUT2D eigenvalue weighted by Gasteiger charge is 2.10. The maximum Gasteiger partial charge on any atom is 0.274 e. The van der Waals surface area contributed by atoms with Gasteiger partial charge in [-0.05, 0) is 36.8 Å². The Hall–Kier alpha value is -1.98. The molecule has 0 aliphatic carbocycles. The van der Waals surface area contributed by atoms with E-state index in [2.05, 4.69) is 10.3 Å². The van der Waals surface area contributed by atoms with Crippen molar-refractivity contribution in [3.05, 3.63) is 58.4 Å². The van der Waals surface area contributed by atoms with Crippen molar-refractivity contribution >= 4 is 40.4 Å². The number of halogens is 1. The van der Waals surface area contributed by atoms with Crippen LogP contribution in [0.2, 0.25) is 5.02 Å². The summed E-state index contributed by atoms with van der Waals surface area (Å²) in [6.07, 6.45) is 1.47. The number of thiocarbonyl (C=S) groups is 1. The minimum Gasteiger partial charge on any atom is -0.389 e. The first-order valence-corrected chi connectivity index (χ1v) is 6.59. The van der Waals surface area contributed by atoms with Crippen LogP contribution in [0.5, 0.6) is 0 Å². The van der Waals surface area contributed by atoms with Gasteiger partial charge in [0.05, 0.1) is 10.7 Å². The molecule has 0 saturated heterocycles. The minimum absolute atomic E-state index is 0.242. The largest absolute Gasteiger partial charge is 0.389 e. The summed E-state index contributed by atoms with van der Waals surface area (Å²) in [7, 11) is 0. The maximum atomic E-state index is 12.1. The third kappa shape index (κ3) is 3.31. The second-order valence-electron chi connectivity index (χ2n) is 4.23. The quantitative estimate of drug-likeness (QED) is 0.856. The molecule has 2 aromatic rings. The lowest BCUT2D eigenvalue weighted by atomic mass is 10.2. The smallest absolute Gasteiger partial charge is 0.274 e. The number of hydrogen-bond acceptors (Lipinski definition) is 3. The van der Waals surface area contributed by atoms with Crippen LogP contribution < -0.4 is 11.1 Å². The molecule has 0 atom stereocenters. The van der Waals surface area contributed by atoms with E-state index in [4.69, 9.17) is 29.6 Å². The lowest BCUT2D eigenvalue weighted by Crippen LogP contribution is -2.15. The average molecular weight is 306 g/mol. The molecule has 0 aliphatic rings. The molecule has 0 radical (unpaired) electrons. The van der Waals surface area contributed by atoms with Gasteiger partial charge in [-0.1, -0.05) is 29.9 Å². The molecule has 20 heavy (non-hydrogen) atoms. The van der Waals surface area contributed by atoms with Crippen LogP contribution in [0.25, 0.3) is 0 Å². The van der Waals surface area contributed by atoms with Gasteiger partial charge in [0.25, 0.3) is 5.91 Å². The number of hydrogen-bond donors (Lipinski definition) is 2. The first-order valence-electron chi connectivity index (χ1n) is 5.81. The lowest BCUT2D eigenvalue weighted by molar-refractivity contribution is 0.102. The number of aryl methyl sites for hydroxylation is 1. The van der Waals surface area contributed by atoms with Crippen LogP contribution in [-0.2, 0) is 0 Å². The summed E-state index contributed by atoms with van der Waals surface area (Å²) in [5.74, 6) is -0.341. The van der Waals surface area contributed by atoms with Gasteiger partial charge in [0.15, 0.2) is 0 Å². The van der Waals surface area contributed by atoms with E-state index in [1.54, 1.807) is 24.3 Å². The number of benzene rings is 1. The molecule has 1 heterocycles. The van der Waals surface area contributed by atoms with Crippen molar-refractivity contribution in [3.8, 4) is 0 Å². The Morgan fingerprint density at radius 2 is 2.10 bits per heavy atom. The van der Waals surface area contributed by atoms with Crippen molar-refractivity contribution in [2.45, 2.75) is 6.92 Å². The van der Waals surface area contributed by atoms with Gasteiger partial charge in [-0.2, -0.15) is 0 Å². The fourth-order valence-corrected chi connectivity index (χ4v) is 1.88. The molecule has 0 spiro atoms. The predicted molar refractivity (Wildman–Crippen MR) is 84.3 cm³/mol. The molecule has 0 unspecified atom stereocenters. The Morgan fingerprint density at radius 3 is 2.70 bits per heavy atom. The number of nitrogens with zero attached hydrogens (tertiary/aromatic N) is 1. The zero-order valence-corrected chi connectivity index (χ0v) is 12.3. The summed E-state index contributed by atoms with van der Waals surface area (Å²) < 4.78 is 0. The molecule has 1 amide bonds. The van der Waals surface area contributed by atoms with Crippen molar-refractivity contribution in [2.24, 2.45) is 5.73 Å². The molecule has 1 aromatic heterocycles. The van der Waals surface area contributed by atoms with Crippen LogP contribution in [0.15, 0.2) is 36.5 Å². The molecule has 6 heteroatoms. The maximum absolute atomic E-state index is 12.1. The zero-order valence-electron chi connectivity index (χ0n) is 10.7. The number of carbonyl (C=O) groups excluding carboxylic acids is 1. The van der Waals surface area contributed by atoms with E-state index in [0.29, 0.717) is 16.3 Å². The summed E-state index contributed by atoms with van der Waals surface area (Å²) >= 11 is 10.9. The van der Waals surface area contributed by atoms with Crippen LogP contribution in [0.3, 0.4) is 0 Å². The van der Waals surface area contributed by atoms with Gasteiger partial charge in [0.2, 0.25) is 0 Å². The van der Waals surface area contributed by atoms with Crippen molar-refractivity contribution in [1.82, 2.24) is 4.98 Å². The fraction of sp³-hybridized carbons (Fsp3) is 0.0714. The Labute approximate surface area is 127 Å². The van der Waals surface area contributed by atoms with E-state index in [9.17, 15) is 4.79 Å². The van der Waals surface area contributed by atoms with Gasteiger partial charge >= 0.3 is 0 Å². The minimum atomic E-state index is -0.341. The lowest BCUT2D eigenvalue weighted by Gasteiger charge is -2.08. The molecule has 2 rings (SSSR count). The summed E-state index contributed by atoms with van der Waals surface area (Å²) in [5, 5.41) is 3.19. The third-order valence-corrected chi connectivity index (χ3v) is 3.22. The molecule has 4 nitrogen and oxygen atoms in total. The third-order valence-electron chi connectivity index (χ3n) is 2.65. The summed E-state index contributed by atoms with van der Waals surface area (Å²) in [5.41, 5.74) is 7.91. The molecule has 102 valence electrons.